The summed E-state index contributed by atoms with van der Waals surface area (Å²) in [5, 5.41) is 3.34. The molecule has 2 aromatic rings. The number of aryl methyl sites for hydroxylation is 1. The van der Waals surface area contributed by atoms with Crippen molar-refractivity contribution in [2.75, 3.05) is 5.32 Å². The Morgan fingerprint density at radius 1 is 1.22 bits per heavy atom. The van der Waals surface area contributed by atoms with Gasteiger partial charge in [-0.1, -0.05) is 19.4 Å². The fourth-order valence-electron chi connectivity index (χ4n) is 1.80. The van der Waals surface area contributed by atoms with Crippen LogP contribution in [0.1, 0.15) is 37.7 Å². The van der Waals surface area contributed by atoms with Crippen molar-refractivity contribution in [2.45, 2.75) is 32.7 Å². The van der Waals surface area contributed by atoms with E-state index >= 15 is 0 Å². The maximum absolute atomic E-state index is 4.33. The van der Waals surface area contributed by atoms with E-state index in [0.29, 0.717) is 0 Å². The van der Waals surface area contributed by atoms with E-state index in [4.69, 9.17) is 0 Å². The first-order chi connectivity index (χ1) is 8.79. The first-order valence-electron chi connectivity index (χ1n) is 6.28. The minimum atomic E-state index is 0.135. The highest BCUT2D eigenvalue weighted by Crippen LogP contribution is 2.15. The summed E-state index contributed by atoms with van der Waals surface area (Å²) < 4.78 is 0. The summed E-state index contributed by atoms with van der Waals surface area (Å²) >= 11 is 0. The molecule has 0 radical (unpaired) electrons. The lowest BCUT2D eigenvalue weighted by molar-refractivity contribution is 0.822. The second-order valence-electron chi connectivity index (χ2n) is 4.27. The van der Waals surface area contributed by atoms with Crippen LogP contribution in [0.2, 0.25) is 0 Å². The van der Waals surface area contributed by atoms with Crippen molar-refractivity contribution in [3.63, 3.8) is 0 Å². The van der Waals surface area contributed by atoms with Crippen LogP contribution >= 0.6 is 0 Å². The van der Waals surface area contributed by atoms with Crippen LogP contribution < -0.4 is 5.32 Å². The Balaban J connectivity index is 2.07. The van der Waals surface area contributed by atoms with Gasteiger partial charge in [0.1, 0.15) is 12.1 Å². The molecule has 0 spiro atoms. The predicted octanol–water partition coefficient (Wildman–Crippen LogP) is 3.00. The van der Waals surface area contributed by atoms with Crippen molar-refractivity contribution in [1.82, 2.24) is 15.0 Å². The standard InChI is InChI=1S/C14H18N4/c1-3-6-12-9-14(17-10-16-12)18-11(2)13-7-4-5-8-15-13/h4-5,7-11H,3,6H2,1-2H3,(H,16,17,18). The second-order valence-corrected chi connectivity index (χ2v) is 4.27. The Morgan fingerprint density at radius 3 is 2.83 bits per heavy atom. The van der Waals surface area contributed by atoms with Gasteiger partial charge >= 0.3 is 0 Å². The maximum Gasteiger partial charge on any atom is 0.130 e. The number of hydrogen-bond donors (Lipinski definition) is 1. The average Bonchev–Trinajstić information content (AvgIpc) is 2.40. The van der Waals surface area contributed by atoms with Crippen molar-refractivity contribution in [1.29, 1.82) is 0 Å². The Bertz CT molecular complexity index is 484. The third kappa shape index (κ3) is 3.26. The number of aromatic nitrogens is 3. The Morgan fingerprint density at radius 2 is 2.11 bits per heavy atom. The summed E-state index contributed by atoms with van der Waals surface area (Å²) in [4.78, 5) is 12.8. The predicted molar refractivity (Wildman–Crippen MR) is 72.3 cm³/mol. The summed E-state index contributed by atoms with van der Waals surface area (Å²) in [6.07, 6.45) is 5.48. The van der Waals surface area contributed by atoms with Gasteiger partial charge in [0, 0.05) is 18.0 Å². The lowest BCUT2D eigenvalue weighted by Gasteiger charge is -2.14. The van der Waals surface area contributed by atoms with Gasteiger partial charge in [-0.3, -0.25) is 4.98 Å². The molecule has 0 aromatic carbocycles. The average molecular weight is 242 g/mol. The highest BCUT2D eigenvalue weighted by molar-refractivity contribution is 5.37. The molecular weight excluding hydrogens is 224 g/mol. The zero-order valence-corrected chi connectivity index (χ0v) is 10.8. The molecule has 0 aliphatic carbocycles. The lowest BCUT2D eigenvalue weighted by atomic mass is 10.2. The molecule has 0 saturated carbocycles. The lowest BCUT2D eigenvalue weighted by Crippen LogP contribution is -2.10. The fourth-order valence-corrected chi connectivity index (χ4v) is 1.80. The molecule has 2 heterocycles. The van der Waals surface area contributed by atoms with Crippen LogP contribution in [0.25, 0.3) is 0 Å². The van der Waals surface area contributed by atoms with Gasteiger partial charge in [-0.2, -0.15) is 0 Å². The molecular formula is C14H18N4. The number of rotatable bonds is 5. The molecule has 0 amide bonds. The van der Waals surface area contributed by atoms with Crippen LogP contribution in [0.15, 0.2) is 36.8 Å². The van der Waals surface area contributed by atoms with E-state index in [9.17, 15) is 0 Å². The minimum absolute atomic E-state index is 0.135. The smallest absolute Gasteiger partial charge is 0.130 e. The summed E-state index contributed by atoms with van der Waals surface area (Å²) in [7, 11) is 0. The molecule has 0 saturated heterocycles. The molecule has 0 aliphatic rings. The first kappa shape index (κ1) is 12.5. The van der Waals surface area contributed by atoms with Crippen molar-refractivity contribution in [2.24, 2.45) is 0 Å². The number of hydrogen-bond acceptors (Lipinski definition) is 4. The molecule has 0 aliphatic heterocycles. The molecule has 0 fully saturated rings. The number of pyridine rings is 1. The van der Waals surface area contributed by atoms with Crippen LogP contribution in [0.3, 0.4) is 0 Å². The van der Waals surface area contributed by atoms with Gasteiger partial charge in [-0.15, -0.1) is 0 Å². The largest absolute Gasteiger partial charge is 0.362 e. The normalized spacial score (nSPS) is 12.1. The van der Waals surface area contributed by atoms with Gasteiger partial charge in [-0.25, -0.2) is 9.97 Å². The number of nitrogens with one attached hydrogen (secondary N) is 1. The molecule has 1 unspecified atom stereocenters. The summed E-state index contributed by atoms with van der Waals surface area (Å²) in [6.45, 7) is 4.22. The van der Waals surface area contributed by atoms with Crippen LogP contribution in [-0.4, -0.2) is 15.0 Å². The van der Waals surface area contributed by atoms with Crippen LogP contribution in [0.5, 0.6) is 0 Å². The van der Waals surface area contributed by atoms with Crippen LogP contribution in [0, 0.1) is 0 Å². The number of anilines is 1. The van der Waals surface area contributed by atoms with E-state index < -0.39 is 0 Å². The SMILES string of the molecule is CCCc1cc(NC(C)c2ccccn2)ncn1. The van der Waals surface area contributed by atoms with Crippen molar-refractivity contribution in [3.05, 3.63) is 48.2 Å². The number of nitrogens with zero attached hydrogens (tertiary/aromatic N) is 3. The van der Waals surface area contributed by atoms with Gasteiger partial charge in [-0.05, 0) is 25.5 Å². The molecule has 2 rings (SSSR count). The van der Waals surface area contributed by atoms with Gasteiger partial charge in [0.05, 0.1) is 11.7 Å². The molecule has 0 bridgehead atoms. The van der Waals surface area contributed by atoms with E-state index in [0.717, 1.165) is 30.0 Å². The van der Waals surface area contributed by atoms with E-state index in [1.54, 1.807) is 12.5 Å². The molecule has 4 nitrogen and oxygen atoms in total. The second kappa shape index (κ2) is 6.10. The van der Waals surface area contributed by atoms with Gasteiger partial charge in [0.15, 0.2) is 0 Å². The highest BCUT2D eigenvalue weighted by Gasteiger charge is 2.07. The molecule has 4 heteroatoms. The Hall–Kier alpha value is -1.97. The van der Waals surface area contributed by atoms with Crippen molar-refractivity contribution >= 4 is 5.82 Å². The van der Waals surface area contributed by atoms with Crippen molar-refractivity contribution < 1.29 is 0 Å². The van der Waals surface area contributed by atoms with Gasteiger partial charge in [0.2, 0.25) is 0 Å². The first-order valence-corrected chi connectivity index (χ1v) is 6.28. The molecule has 1 atom stereocenters. The Labute approximate surface area is 108 Å². The fraction of sp³-hybridized carbons (Fsp3) is 0.357. The maximum atomic E-state index is 4.33. The summed E-state index contributed by atoms with van der Waals surface area (Å²) in [6, 6.07) is 8.05. The van der Waals surface area contributed by atoms with Gasteiger partial charge in [0.25, 0.3) is 0 Å². The monoisotopic (exact) mass is 242 g/mol. The summed E-state index contributed by atoms with van der Waals surface area (Å²) in [5.74, 6) is 0.853. The molecule has 18 heavy (non-hydrogen) atoms. The summed E-state index contributed by atoms with van der Waals surface area (Å²) in [5.41, 5.74) is 2.08. The molecule has 1 N–H and O–H groups in total. The Kier molecular flexibility index (Phi) is 4.23. The van der Waals surface area contributed by atoms with E-state index in [1.807, 2.05) is 24.3 Å². The van der Waals surface area contributed by atoms with E-state index in [-0.39, 0.29) is 6.04 Å². The third-order valence-corrected chi connectivity index (χ3v) is 2.73. The zero-order valence-electron chi connectivity index (χ0n) is 10.8. The van der Waals surface area contributed by atoms with E-state index in [1.165, 1.54) is 0 Å². The van der Waals surface area contributed by atoms with Gasteiger partial charge < -0.3 is 5.32 Å². The zero-order chi connectivity index (χ0) is 12.8. The third-order valence-electron chi connectivity index (χ3n) is 2.73. The van der Waals surface area contributed by atoms with Crippen LogP contribution in [-0.2, 0) is 6.42 Å². The van der Waals surface area contributed by atoms with Crippen LogP contribution in [0.4, 0.5) is 5.82 Å². The topological polar surface area (TPSA) is 50.7 Å². The highest BCUT2D eigenvalue weighted by atomic mass is 15.0. The quantitative estimate of drug-likeness (QED) is 0.875. The molecule has 94 valence electrons. The van der Waals surface area contributed by atoms with E-state index in [2.05, 4.69) is 34.1 Å². The van der Waals surface area contributed by atoms with Crippen molar-refractivity contribution in [3.8, 4) is 0 Å². The minimum Gasteiger partial charge on any atom is -0.362 e. The molecule has 2 aromatic heterocycles.